The number of aromatic nitrogens is 2. The minimum Gasteiger partial charge on any atom is -0.454 e. The lowest BCUT2D eigenvalue weighted by molar-refractivity contribution is 0.0745. The van der Waals surface area contributed by atoms with E-state index in [1.807, 2.05) is 29.2 Å². The van der Waals surface area contributed by atoms with Crippen molar-refractivity contribution < 1.29 is 18.7 Å². The van der Waals surface area contributed by atoms with Gasteiger partial charge in [-0.15, -0.1) is 0 Å². The molecule has 0 aliphatic carbocycles. The molecule has 3 aromatic rings. The number of para-hydroxylation sites is 1. The van der Waals surface area contributed by atoms with Crippen LogP contribution in [0.5, 0.6) is 11.5 Å². The number of hydrogen-bond acceptors (Lipinski definition) is 7. The van der Waals surface area contributed by atoms with E-state index >= 15 is 0 Å². The van der Waals surface area contributed by atoms with Crippen LogP contribution >= 0.6 is 0 Å². The summed E-state index contributed by atoms with van der Waals surface area (Å²) in [6.45, 7) is 4.72. The van der Waals surface area contributed by atoms with Gasteiger partial charge >= 0.3 is 0 Å². The molecule has 170 valence electrons. The Balaban J connectivity index is 1.19. The van der Waals surface area contributed by atoms with Gasteiger partial charge in [-0.2, -0.15) is 0 Å². The maximum Gasteiger partial charge on any atom is 0.257 e. The van der Waals surface area contributed by atoms with Crippen LogP contribution in [0.4, 0.5) is 16.0 Å². The quantitative estimate of drug-likeness (QED) is 0.641. The summed E-state index contributed by atoms with van der Waals surface area (Å²) in [6.07, 6.45) is 1.57. The monoisotopic (exact) mass is 449 g/mol. The highest BCUT2D eigenvalue weighted by Gasteiger charge is 2.25. The summed E-state index contributed by atoms with van der Waals surface area (Å²) in [5, 5.41) is 3.18. The van der Waals surface area contributed by atoms with Gasteiger partial charge in [0.25, 0.3) is 5.91 Å². The molecule has 3 heterocycles. The van der Waals surface area contributed by atoms with Gasteiger partial charge in [-0.25, -0.2) is 14.4 Å². The molecule has 1 aromatic heterocycles. The Bertz CT molecular complexity index is 1180. The second kappa shape index (κ2) is 8.93. The number of aryl methyl sites for hydroxylation is 1. The van der Waals surface area contributed by atoms with E-state index in [4.69, 9.17) is 9.47 Å². The summed E-state index contributed by atoms with van der Waals surface area (Å²) in [4.78, 5) is 25.6. The number of hydrogen-bond donors (Lipinski definition) is 1. The maximum atomic E-state index is 14.1. The Labute approximate surface area is 191 Å². The molecule has 1 N–H and O–H groups in total. The fourth-order valence-corrected chi connectivity index (χ4v) is 4.02. The molecule has 0 saturated carbocycles. The average Bonchev–Trinajstić information content (AvgIpc) is 3.31. The molecule has 2 aromatic carbocycles. The highest BCUT2D eigenvalue weighted by atomic mass is 19.1. The molecule has 0 bridgehead atoms. The van der Waals surface area contributed by atoms with E-state index < -0.39 is 0 Å². The molecule has 9 heteroatoms. The van der Waals surface area contributed by atoms with Gasteiger partial charge in [0.05, 0.1) is 16.9 Å². The second-order valence-corrected chi connectivity index (χ2v) is 7.96. The molecule has 1 amide bonds. The lowest BCUT2D eigenvalue weighted by Gasteiger charge is -2.36. The lowest BCUT2D eigenvalue weighted by atomic mass is 10.2. The molecule has 5 rings (SSSR count). The first-order chi connectivity index (χ1) is 16.1. The molecule has 2 aliphatic rings. The number of amides is 1. The Morgan fingerprint density at radius 1 is 1.09 bits per heavy atom. The summed E-state index contributed by atoms with van der Waals surface area (Å²) in [5.41, 5.74) is 2.66. The van der Waals surface area contributed by atoms with Crippen molar-refractivity contribution in [1.82, 2.24) is 14.9 Å². The largest absolute Gasteiger partial charge is 0.454 e. The molecule has 0 radical (unpaired) electrons. The SMILES string of the molecule is Cc1nc(NCc2ccc3c(c2)OCO3)ncc1C(=O)N1CCN(c2ccccc2F)CC1. The fraction of sp³-hybridized carbons (Fsp3) is 0.292. The number of piperazine rings is 1. The van der Waals surface area contributed by atoms with Crippen molar-refractivity contribution in [2.45, 2.75) is 13.5 Å². The highest BCUT2D eigenvalue weighted by Crippen LogP contribution is 2.32. The predicted octanol–water partition coefficient (Wildman–Crippen LogP) is 3.23. The predicted molar refractivity (Wildman–Crippen MR) is 121 cm³/mol. The van der Waals surface area contributed by atoms with E-state index in [0.29, 0.717) is 55.6 Å². The maximum absolute atomic E-state index is 14.1. The fourth-order valence-electron chi connectivity index (χ4n) is 4.02. The molecule has 0 atom stereocenters. The highest BCUT2D eigenvalue weighted by molar-refractivity contribution is 5.95. The first-order valence-corrected chi connectivity index (χ1v) is 10.8. The number of carbonyl (C=O) groups is 1. The summed E-state index contributed by atoms with van der Waals surface area (Å²) in [6, 6.07) is 12.5. The number of fused-ring (bicyclic) bond motifs is 1. The first-order valence-electron chi connectivity index (χ1n) is 10.8. The second-order valence-electron chi connectivity index (χ2n) is 7.96. The summed E-state index contributed by atoms with van der Waals surface area (Å²) < 4.78 is 24.8. The molecule has 2 aliphatic heterocycles. The van der Waals surface area contributed by atoms with Gasteiger partial charge in [-0.1, -0.05) is 18.2 Å². The number of anilines is 2. The van der Waals surface area contributed by atoms with Crippen molar-refractivity contribution in [3.8, 4) is 11.5 Å². The number of carbonyl (C=O) groups excluding carboxylic acids is 1. The van der Waals surface area contributed by atoms with Gasteiger partial charge in [-0.05, 0) is 36.8 Å². The molecule has 1 fully saturated rings. The number of halogens is 1. The average molecular weight is 449 g/mol. The van der Waals surface area contributed by atoms with Gasteiger partial charge < -0.3 is 24.6 Å². The van der Waals surface area contributed by atoms with E-state index in [1.54, 1.807) is 30.2 Å². The zero-order valence-corrected chi connectivity index (χ0v) is 18.3. The van der Waals surface area contributed by atoms with E-state index in [0.717, 1.165) is 17.1 Å². The van der Waals surface area contributed by atoms with Gasteiger partial charge in [0.15, 0.2) is 11.5 Å². The zero-order valence-electron chi connectivity index (χ0n) is 18.3. The molecule has 0 spiro atoms. The Morgan fingerprint density at radius 2 is 1.88 bits per heavy atom. The van der Waals surface area contributed by atoms with Gasteiger partial charge in [0.1, 0.15) is 5.82 Å². The van der Waals surface area contributed by atoms with Gasteiger partial charge in [-0.3, -0.25) is 4.79 Å². The number of rotatable bonds is 5. The van der Waals surface area contributed by atoms with Crippen molar-refractivity contribution in [2.75, 3.05) is 43.2 Å². The zero-order chi connectivity index (χ0) is 22.8. The molecular formula is C24H24FN5O3. The lowest BCUT2D eigenvalue weighted by Crippen LogP contribution is -2.49. The smallest absolute Gasteiger partial charge is 0.257 e. The Hall–Kier alpha value is -3.88. The van der Waals surface area contributed by atoms with E-state index in [-0.39, 0.29) is 18.5 Å². The summed E-state index contributed by atoms with van der Waals surface area (Å²) in [7, 11) is 0. The van der Waals surface area contributed by atoms with Crippen molar-refractivity contribution in [2.24, 2.45) is 0 Å². The summed E-state index contributed by atoms with van der Waals surface area (Å²) in [5.74, 6) is 1.56. The van der Waals surface area contributed by atoms with Crippen molar-refractivity contribution >= 4 is 17.5 Å². The standard InChI is InChI=1S/C24H24FN5O3/c1-16-18(23(31)30-10-8-29(9-11-30)20-5-3-2-4-19(20)25)14-27-24(28-16)26-13-17-6-7-21-22(12-17)33-15-32-21/h2-7,12,14H,8-11,13,15H2,1H3,(H,26,27,28). The Kier molecular flexibility index (Phi) is 5.68. The molecule has 8 nitrogen and oxygen atoms in total. The van der Waals surface area contributed by atoms with Crippen LogP contribution in [0, 0.1) is 12.7 Å². The number of benzene rings is 2. The van der Waals surface area contributed by atoms with Crippen molar-refractivity contribution in [3.05, 3.63) is 71.3 Å². The van der Waals surface area contributed by atoms with Crippen LogP contribution in [0.2, 0.25) is 0 Å². The first kappa shape index (κ1) is 21.0. The van der Waals surface area contributed by atoms with Crippen molar-refractivity contribution in [3.63, 3.8) is 0 Å². The van der Waals surface area contributed by atoms with Crippen LogP contribution in [0.3, 0.4) is 0 Å². The van der Waals surface area contributed by atoms with E-state index in [9.17, 15) is 9.18 Å². The number of nitrogens with one attached hydrogen (secondary N) is 1. The Morgan fingerprint density at radius 3 is 2.67 bits per heavy atom. The van der Waals surface area contributed by atoms with Crippen LogP contribution < -0.4 is 19.7 Å². The minimum absolute atomic E-state index is 0.108. The number of nitrogens with zero attached hydrogens (tertiary/aromatic N) is 4. The molecule has 1 saturated heterocycles. The third kappa shape index (κ3) is 4.39. The van der Waals surface area contributed by atoms with Crippen LogP contribution in [0.25, 0.3) is 0 Å². The van der Waals surface area contributed by atoms with Crippen LogP contribution in [-0.2, 0) is 6.54 Å². The topological polar surface area (TPSA) is 79.8 Å². The normalized spacial score (nSPS) is 15.0. The van der Waals surface area contributed by atoms with Crippen LogP contribution in [0.15, 0.2) is 48.7 Å². The minimum atomic E-state index is -0.245. The molecule has 0 unspecified atom stereocenters. The van der Waals surface area contributed by atoms with E-state index in [2.05, 4.69) is 15.3 Å². The third-order valence-electron chi connectivity index (χ3n) is 5.86. The number of ether oxygens (including phenoxy) is 2. The van der Waals surface area contributed by atoms with Crippen LogP contribution in [0.1, 0.15) is 21.6 Å². The van der Waals surface area contributed by atoms with Crippen LogP contribution in [-0.4, -0.2) is 53.7 Å². The molecule has 33 heavy (non-hydrogen) atoms. The van der Waals surface area contributed by atoms with E-state index in [1.165, 1.54) is 6.07 Å². The molecular weight excluding hydrogens is 425 g/mol. The van der Waals surface area contributed by atoms with Gasteiger partial charge in [0.2, 0.25) is 12.7 Å². The third-order valence-corrected chi connectivity index (χ3v) is 5.86. The van der Waals surface area contributed by atoms with Crippen molar-refractivity contribution in [1.29, 1.82) is 0 Å². The van der Waals surface area contributed by atoms with Gasteiger partial charge in [0, 0.05) is 38.9 Å². The summed E-state index contributed by atoms with van der Waals surface area (Å²) >= 11 is 0.